The summed E-state index contributed by atoms with van der Waals surface area (Å²) in [7, 11) is 0. The average molecular weight is 470 g/mol. The predicted octanol–water partition coefficient (Wildman–Crippen LogP) is 5.11. The monoisotopic (exact) mass is 470 g/mol. The summed E-state index contributed by atoms with van der Waals surface area (Å²) in [4.78, 5) is 34.7. The van der Waals surface area contributed by atoms with Gasteiger partial charge in [0, 0.05) is 33.4 Å². The SMILES string of the molecule is O=C(O)c1ccc(C#Cc2ccc(C(=O)c3ccc(C#Cc4ccc(C(=O)O)cc4)cc3)cc2)cc1. The molecule has 0 aromatic heterocycles. The van der Waals surface area contributed by atoms with E-state index in [-0.39, 0.29) is 16.9 Å². The lowest BCUT2D eigenvalue weighted by molar-refractivity contribution is 0.0686. The Bertz CT molecular complexity index is 1430. The van der Waals surface area contributed by atoms with Crippen LogP contribution in [-0.2, 0) is 0 Å². The van der Waals surface area contributed by atoms with Gasteiger partial charge in [0.05, 0.1) is 11.1 Å². The van der Waals surface area contributed by atoms with Gasteiger partial charge in [-0.15, -0.1) is 0 Å². The van der Waals surface area contributed by atoms with Gasteiger partial charge in [0.1, 0.15) is 0 Å². The predicted molar refractivity (Wildman–Crippen MR) is 135 cm³/mol. The molecule has 5 heteroatoms. The molecule has 0 aliphatic heterocycles. The highest BCUT2D eigenvalue weighted by molar-refractivity contribution is 6.09. The fraction of sp³-hybridized carbons (Fsp3) is 0. The molecule has 0 atom stereocenters. The van der Waals surface area contributed by atoms with Gasteiger partial charge in [-0.1, -0.05) is 23.7 Å². The number of carboxylic acid groups (broad SMARTS) is 2. The van der Waals surface area contributed by atoms with E-state index in [0.29, 0.717) is 22.3 Å². The van der Waals surface area contributed by atoms with Crippen LogP contribution < -0.4 is 0 Å². The van der Waals surface area contributed by atoms with E-state index >= 15 is 0 Å². The van der Waals surface area contributed by atoms with Gasteiger partial charge in [0.25, 0.3) is 0 Å². The first-order valence-electron chi connectivity index (χ1n) is 10.8. The molecule has 36 heavy (non-hydrogen) atoms. The second-order valence-electron chi connectivity index (χ2n) is 7.75. The lowest BCUT2D eigenvalue weighted by Crippen LogP contribution is -2.01. The standard InChI is InChI=1S/C31H18O5/c32-29(25-13-5-21(6-14-25)1-3-23-9-17-27(18-10-23)30(33)34)26-15-7-22(8-16-26)2-4-24-11-19-28(20-12-24)31(35)36/h5-20H,(H,33,34)(H,35,36). The van der Waals surface area contributed by atoms with Crippen LogP contribution in [0, 0.1) is 23.7 Å². The van der Waals surface area contributed by atoms with Gasteiger partial charge in [-0.05, 0) is 97.1 Å². The fourth-order valence-corrected chi connectivity index (χ4v) is 3.26. The summed E-state index contributed by atoms with van der Waals surface area (Å²) in [5.41, 5.74) is 4.33. The van der Waals surface area contributed by atoms with Crippen molar-refractivity contribution < 1.29 is 24.6 Å². The van der Waals surface area contributed by atoms with E-state index in [9.17, 15) is 14.4 Å². The Labute approximate surface area is 207 Å². The topological polar surface area (TPSA) is 91.7 Å². The molecule has 0 amide bonds. The summed E-state index contributed by atoms with van der Waals surface area (Å²) >= 11 is 0. The fourth-order valence-electron chi connectivity index (χ4n) is 3.26. The molecule has 5 nitrogen and oxygen atoms in total. The Balaban J connectivity index is 1.41. The molecule has 0 aliphatic rings. The van der Waals surface area contributed by atoms with Crippen LogP contribution in [0.2, 0.25) is 0 Å². The van der Waals surface area contributed by atoms with Crippen molar-refractivity contribution in [3.8, 4) is 23.7 Å². The summed E-state index contributed by atoms with van der Waals surface area (Å²) in [6.45, 7) is 0. The zero-order chi connectivity index (χ0) is 25.5. The van der Waals surface area contributed by atoms with E-state index in [1.165, 1.54) is 24.3 Å². The molecule has 0 saturated carbocycles. The first-order chi connectivity index (χ1) is 17.4. The average Bonchev–Trinajstić information content (AvgIpc) is 2.91. The van der Waals surface area contributed by atoms with Gasteiger partial charge < -0.3 is 10.2 Å². The van der Waals surface area contributed by atoms with Gasteiger partial charge >= 0.3 is 11.9 Å². The molecule has 0 fully saturated rings. The third-order valence-electron chi connectivity index (χ3n) is 5.26. The van der Waals surface area contributed by atoms with Crippen LogP contribution >= 0.6 is 0 Å². The highest BCUT2D eigenvalue weighted by Crippen LogP contribution is 2.13. The molecule has 0 spiro atoms. The number of hydrogen-bond acceptors (Lipinski definition) is 3. The summed E-state index contributed by atoms with van der Waals surface area (Å²) in [5, 5.41) is 17.9. The molecule has 172 valence electrons. The smallest absolute Gasteiger partial charge is 0.335 e. The van der Waals surface area contributed by atoms with Crippen LogP contribution in [0.25, 0.3) is 0 Å². The van der Waals surface area contributed by atoms with Crippen molar-refractivity contribution in [1.82, 2.24) is 0 Å². The van der Waals surface area contributed by atoms with E-state index in [0.717, 1.165) is 11.1 Å². The Morgan fingerprint density at radius 3 is 0.833 bits per heavy atom. The van der Waals surface area contributed by atoms with Crippen LogP contribution in [0.4, 0.5) is 0 Å². The van der Waals surface area contributed by atoms with E-state index in [1.54, 1.807) is 72.8 Å². The number of aromatic carboxylic acids is 2. The number of carbonyl (C=O) groups is 3. The maximum Gasteiger partial charge on any atom is 0.335 e. The van der Waals surface area contributed by atoms with Gasteiger partial charge in [-0.25, -0.2) is 9.59 Å². The summed E-state index contributed by atoms with van der Waals surface area (Å²) in [5.74, 6) is 9.88. The minimum Gasteiger partial charge on any atom is -0.478 e. The molecular weight excluding hydrogens is 452 g/mol. The van der Waals surface area contributed by atoms with E-state index in [4.69, 9.17) is 10.2 Å². The summed E-state index contributed by atoms with van der Waals surface area (Å²) in [6.07, 6.45) is 0. The van der Waals surface area contributed by atoms with Crippen molar-refractivity contribution in [2.45, 2.75) is 0 Å². The lowest BCUT2D eigenvalue weighted by atomic mass is 10.0. The molecule has 0 heterocycles. The van der Waals surface area contributed by atoms with E-state index < -0.39 is 11.9 Å². The molecule has 0 radical (unpaired) electrons. The quantitative estimate of drug-likeness (QED) is 0.319. The van der Waals surface area contributed by atoms with E-state index in [1.807, 2.05) is 0 Å². The summed E-state index contributed by atoms with van der Waals surface area (Å²) in [6, 6.07) is 26.5. The van der Waals surface area contributed by atoms with Crippen LogP contribution in [0.1, 0.15) is 58.9 Å². The van der Waals surface area contributed by atoms with Crippen LogP contribution in [0.5, 0.6) is 0 Å². The van der Waals surface area contributed by atoms with Crippen molar-refractivity contribution in [2.75, 3.05) is 0 Å². The molecule has 0 unspecified atom stereocenters. The molecule has 2 N–H and O–H groups in total. The van der Waals surface area contributed by atoms with Crippen LogP contribution in [-0.4, -0.2) is 27.9 Å². The highest BCUT2D eigenvalue weighted by Gasteiger charge is 2.08. The number of hydrogen-bond donors (Lipinski definition) is 2. The normalized spacial score (nSPS) is 9.78. The van der Waals surface area contributed by atoms with Crippen molar-refractivity contribution in [2.24, 2.45) is 0 Å². The lowest BCUT2D eigenvalue weighted by Gasteiger charge is -2.02. The zero-order valence-electron chi connectivity index (χ0n) is 18.9. The van der Waals surface area contributed by atoms with Gasteiger partial charge in [-0.3, -0.25) is 4.79 Å². The highest BCUT2D eigenvalue weighted by atomic mass is 16.4. The molecule has 0 saturated heterocycles. The third kappa shape index (κ3) is 5.94. The third-order valence-corrected chi connectivity index (χ3v) is 5.26. The molecule has 0 aliphatic carbocycles. The number of carboxylic acids is 2. The number of rotatable bonds is 4. The second kappa shape index (κ2) is 10.7. The zero-order valence-corrected chi connectivity index (χ0v) is 18.9. The van der Waals surface area contributed by atoms with Crippen molar-refractivity contribution in [3.63, 3.8) is 0 Å². The minimum atomic E-state index is -0.984. The largest absolute Gasteiger partial charge is 0.478 e. The minimum absolute atomic E-state index is 0.123. The van der Waals surface area contributed by atoms with Crippen molar-refractivity contribution >= 4 is 17.7 Å². The van der Waals surface area contributed by atoms with Crippen molar-refractivity contribution in [1.29, 1.82) is 0 Å². The second-order valence-corrected chi connectivity index (χ2v) is 7.75. The maximum absolute atomic E-state index is 12.8. The van der Waals surface area contributed by atoms with E-state index in [2.05, 4.69) is 23.7 Å². The van der Waals surface area contributed by atoms with Crippen LogP contribution in [0.15, 0.2) is 97.1 Å². The van der Waals surface area contributed by atoms with Gasteiger partial charge in [-0.2, -0.15) is 0 Å². The first-order valence-corrected chi connectivity index (χ1v) is 10.8. The summed E-state index contributed by atoms with van der Waals surface area (Å²) < 4.78 is 0. The number of carbonyl (C=O) groups excluding carboxylic acids is 1. The molecule has 0 bridgehead atoms. The Hall–Kier alpha value is -5.39. The Morgan fingerprint density at radius 1 is 0.389 bits per heavy atom. The molecular formula is C31H18O5. The molecule has 4 rings (SSSR count). The first kappa shape index (κ1) is 23.8. The van der Waals surface area contributed by atoms with Crippen LogP contribution in [0.3, 0.4) is 0 Å². The van der Waals surface area contributed by atoms with Gasteiger partial charge in [0.15, 0.2) is 5.78 Å². The maximum atomic E-state index is 12.8. The van der Waals surface area contributed by atoms with Crippen molar-refractivity contribution in [3.05, 3.63) is 142 Å². The number of benzene rings is 4. The molecule has 4 aromatic rings. The number of ketones is 1. The Morgan fingerprint density at radius 2 is 0.611 bits per heavy atom. The Kier molecular flexibility index (Phi) is 7.06. The van der Waals surface area contributed by atoms with Gasteiger partial charge in [0.2, 0.25) is 0 Å². The molecule has 4 aromatic carbocycles.